The summed E-state index contributed by atoms with van der Waals surface area (Å²) in [6.45, 7) is 6.26. The van der Waals surface area contributed by atoms with Gasteiger partial charge >= 0.3 is 0 Å². The van der Waals surface area contributed by atoms with Crippen molar-refractivity contribution in [3.05, 3.63) is 0 Å². The molecule has 0 saturated carbocycles. The molecule has 0 radical (unpaired) electrons. The molecule has 0 spiro atoms. The van der Waals surface area contributed by atoms with Gasteiger partial charge in [0.2, 0.25) is 0 Å². The van der Waals surface area contributed by atoms with Gasteiger partial charge in [0.05, 0.1) is 6.54 Å². The van der Waals surface area contributed by atoms with Gasteiger partial charge in [-0.1, -0.05) is 19.0 Å². The van der Waals surface area contributed by atoms with Crippen molar-refractivity contribution in [3.63, 3.8) is 0 Å². The monoisotopic (exact) mass is 203 g/mol. The van der Waals surface area contributed by atoms with Crippen LogP contribution in [0, 0.1) is 5.41 Å². The Kier molecular flexibility index (Phi) is 6.23. The highest BCUT2D eigenvalue weighted by Gasteiger charge is 2.16. The second-order valence-corrected chi connectivity index (χ2v) is 4.10. The molecule has 4 N–H and O–H groups in total. The second kappa shape index (κ2) is 6.62. The molecule has 0 aliphatic heterocycles. The summed E-state index contributed by atoms with van der Waals surface area (Å²) < 4.78 is 5.01. The standard InChI is InChI=1S/C9H21N3O2/c1-9(2,4-5-14-3)7-11-6-8(10)12-13/h11,13H,4-7H2,1-3H3,(H2,10,12). The van der Waals surface area contributed by atoms with Crippen molar-refractivity contribution in [2.24, 2.45) is 16.3 Å². The van der Waals surface area contributed by atoms with Gasteiger partial charge in [-0.2, -0.15) is 0 Å². The fourth-order valence-electron chi connectivity index (χ4n) is 1.03. The molecule has 84 valence electrons. The number of oxime groups is 1. The minimum atomic E-state index is 0.158. The molecule has 0 heterocycles. The van der Waals surface area contributed by atoms with Gasteiger partial charge in [0, 0.05) is 20.3 Å². The summed E-state index contributed by atoms with van der Waals surface area (Å²) in [5.41, 5.74) is 5.47. The SMILES string of the molecule is COCCC(C)(C)CNCC(N)=NO. The van der Waals surface area contributed by atoms with Crippen LogP contribution in [0.1, 0.15) is 20.3 Å². The highest BCUT2D eigenvalue weighted by atomic mass is 16.5. The van der Waals surface area contributed by atoms with Crippen LogP contribution in [-0.2, 0) is 4.74 Å². The predicted octanol–water partition coefficient (Wildman–Crippen LogP) is 0.385. The number of nitrogens with one attached hydrogen (secondary N) is 1. The van der Waals surface area contributed by atoms with Crippen LogP contribution >= 0.6 is 0 Å². The highest BCUT2D eigenvalue weighted by molar-refractivity contribution is 5.81. The Bertz CT molecular complexity index is 181. The predicted molar refractivity (Wildman–Crippen MR) is 56.6 cm³/mol. The van der Waals surface area contributed by atoms with Gasteiger partial charge in [0.25, 0.3) is 0 Å². The van der Waals surface area contributed by atoms with E-state index in [2.05, 4.69) is 24.3 Å². The quantitative estimate of drug-likeness (QED) is 0.242. The molecule has 0 aromatic carbocycles. The molecule has 0 fully saturated rings. The number of nitrogens with zero attached hydrogens (tertiary/aromatic N) is 1. The lowest BCUT2D eigenvalue weighted by Crippen LogP contribution is -2.36. The fourth-order valence-corrected chi connectivity index (χ4v) is 1.03. The van der Waals surface area contributed by atoms with Crippen LogP contribution in [0.25, 0.3) is 0 Å². The zero-order valence-electron chi connectivity index (χ0n) is 9.21. The van der Waals surface area contributed by atoms with Crippen LogP contribution in [0.2, 0.25) is 0 Å². The molecular formula is C9H21N3O2. The summed E-state index contributed by atoms with van der Waals surface area (Å²) in [6.07, 6.45) is 0.979. The molecule has 5 heteroatoms. The lowest BCUT2D eigenvalue weighted by atomic mass is 9.90. The molecule has 0 saturated heterocycles. The minimum absolute atomic E-state index is 0.158. The number of hydrogen-bond donors (Lipinski definition) is 3. The Labute approximate surface area is 85.3 Å². The van der Waals surface area contributed by atoms with E-state index in [9.17, 15) is 0 Å². The zero-order valence-corrected chi connectivity index (χ0v) is 9.21. The first-order chi connectivity index (χ1) is 6.52. The van der Waals surface area contributed by atoms with Crippen molar-refractivity contribution in [3.8, 4) is 0 Å². The normalized spacial score (nSPS) is 13.2. The Balaban J connectivity index is 3.64. The smallest absolute Gasteiger partial charge is 0.153 e. The lowest BCUT2D eigenvalue weighted by Gasteiger charge is -2.24. The van der Waals surface area contributed by atoms with E-state index in [1.165, 1.54) is 0 Å². The van der Waals surface area contributed by atoms with Gasteiger partial charge in [0.15, 0.2) is 5.84 Å². The van der Waals surface area contributed by atoms with Crippen molar-refractivity contribution in [1.82, 2.24) is 5.32 Å². The topological polar surface area (TPSA) is 79.9 Å². The van der Waals surface area contributed by atoms with Crippen LogP contribution in [0.15, 0.2) is 5.16 Å². The van der Waals surface area contributed by atoms with Crippen LogP contribution in [0.3, 0.4) is 0 Å². The molecule has 0 rings (SSSR count). The first-order valence-corrected chi connectivity index (χ1v) is 4.68. The van der Waals surface area contributed by atoms with Gasteiger partial charge in [0.1, 0.15) is 0 Å². The molecule has 0 amide bonds. The summed E-state index contributed by atoms with van der Waals surface area (Å²) in [5, 5.41) is 14.3. The third-order valence-electron chi connectivity index (χ3n) is 2.02. The van der Waals surface area contributed by atoms with E-state index >= 15 is 0 Å². The summed E-state index contributed by atoms with van der Waals surface area (Å²) in [6, 6.07) is 0. The number of methoxy groups -OCH3 is 1. The number of hydrogen-bond acceptors (Lipinski definition) is 4. The van der Waals surface area contributed by atoms with Crippen LogP contribution in [0.5, 0.6) is 0 Å². The van der Waals surface area contributed by atoms with Crippen molar-refractivity contribution in [2.45, 2.75) is 20.3 Å². The van der Waals surface area contributed by atoms with Gasteiger partial charge in [-0.05, 0) is 11.8 Å². The first kappa shape index (κ1) is 13.2. The van der Waals surface area contributed by atoms with E-state index in [1.807, 2.05) is 0 Å². The average molecular weight is 203 g/mol. The molecule has 0 aliphatic carbocycles. The average Bonchev–Trinajstić information content (AvgIpc) is 2.14. The second-order valence-electron chi connectivity index (χ2n) is 4.10. The van der Waals surface area contributed by atoms with Crippen LogP contribution < -0.4 is 11.1 Å². The van der Waals surface area contributed by atoms with Crippen LogP contribution in [0.4, 0.5) is 0 Å². The maximum atomic E-state index is 8.31. The number of rotatable bonds is 7. The van der Waals surface area contributed by atoms with E-state index in [-0.39, 0.29) is 11.3 Å². The maximum absolute atomic E-state index is 8.31. The molecule has 0 aliphatic rings. The largest absolute Gasteiger partial charge is 0.409 e. The van der Waals surface area contributed by atoms with Gasteiger partial charge in [-0.3, -0.25) is 0 Å². The van der Waals surface area contributed by atoms with E-state index in [0.29, 0.717) is 6.54 Å². The van der Waals surface area contributed by atoms with Gasteiger partial charge < -0.3 is 21.0 Å². The molecule has 0 bridgehead atoms. The number of amidine groups is 1. The molecule has 5 nitrogen and oxygen atoms in total. The Hall–Kier alpha value is -0.810. The van der Waals surface area contributed by atoms with Gasteiger partial charge in [-0.25, -0.2) is 0 Å². The summed E-state index contributed by atoms with van der Waals surface area (Å²) >= 11 is 0. The van der Waals surface area contributed by atoms with E-state index in [0.717, 1.165) is 19.6 Å². The van der Waals surface area contributed by atoms with Gasteiger partial charge in [-0.15, -0.1) is 0 Å². The first-order valence-electron chi connectivity index (χ1n) is 4.68. The number of nitrogens with two attached hydrogens (primary N) is 1. The fraction of sp³-hybridized carbons (Fsp3) is 0.889. The van der Waals surface area contributed by atoms with Crippen LogP contribution in [-0.4, -0.2) is 37.8 Å². The van der Waals surface area contributed by atoms with E-state index < -0.39 is 0 Å². The summed E-state index contributed by atoms with van der Waals surface area (Å²) in [5.74, 6) is 0.201. The third kappa shape index (κ3) is 6.68. The third-order valence-corrected chi connectivity index (χ3v) is 2.02. The van der Waals surface area contributed by atoms with Crippen molar-refractivity contribution < 1.29 is 9.94 Å². The molecular weight excluding hydrogens is 182 g/mol. The maximum Gasteiger partial charge on any atom is 0.153 e. The van der Waals surface area contributed by atoms with Crippen molar-refractivity contribution in [1.29, 1.82) is 0 Å². The summed E-state index contributed by atoms with van der Waals surface area (Å²) in [4.78, 5) is 0. The molecule has 0 atom stereocenters. The summed E-state index contributed by atoms with van der Waals surface area (Å²) in [7, 11) is 1.69. The van der Waals surface area contributed by atoms with E-state index in [1.54, 1.807) is 7.11 Å². The Morgan fingerprint density at radius 3 is 2.71 bits per heavy atom. The number of ether oxygens (including phenoxy) is 1. The Morgan fingerprint density at radius 2 is 2.21 bits per heavy atom. The minimum Gasteiger partial charge on any atom is -0.409 e. The zero-order chi connectivity index (χ0) is 11.0. The Morgan fingerprint density at radius 1 is 1.57 bits per heavy atom. The molecule has 0 aromatic rings. The molecule has 14 heavy (non-hydrogen) atoms. The molecule has 0 unspecified atom stereocenters. The lowest BCUT2D eigenvalue weighted by molar-refractivity contribution is 0.151. The molecule has 0 aromatic heterocycles. The van der Waals surface area contributed by atoms with E-state index in [4.69, 9.17) is 15.7 Å². The van der Waals surface area contributed by atoms with Crippen molar-refractivity contribution in [2.75, 3.05) is 26.8 Å². The highest BCUT2D eigenvalue weighted by Crippen LogP contribution is 2.18. The van der Waals surface area contributed by atoms with Crippen molar-refractivity contribution >= 4 is 5.84 Å².